The highest BCUT2D eigenvalue weighted by Gasteiger charge is 2.27. The third-order valence-corrected chi connectivity index (χ3v) is 6.85. The number of anilines is 2. The van der Waals surface area contributed by atoms with E-state index < -0.39 is 22.5 Å². The molecule has 0 heterocycles. The Bertz CT molecular complexity index is 1240. The summed E-state index contributed by atoms with van der Waals surface area (Å²) in [6.45, 7) is 5.88. The van der Waals surface area contributed by atoms with Crippen LogP contribution in [0.4, 0.5) is 11.4 Å². The van der Waals surface area contributed by atoms with E-state index >= 15 is 0 Å². The van der Waals surface area contributed by atoms with Gasteiger partial charge in [0.1, 0.15) is 6.54 Å². The summed E-state index contributed by atoms with van der Waals surface area (Å²) in [5.74, 6) is -0.599. The Morgan fingerprint density at radius 1 is 0.882 bits per heavy atom. The summed E-state index contributed by atoms with van der Waals surface area (Å²) in [5.41, 5.74) is 1.91. The number of para-hydroxylation sites is 2. The molecule has 0 radical (unpaired) electrons. The molecule has 0 aliphatic rings. The molecule has 2 N–H and O–H groups in total. The van der Waals surface area contributed by atoms with Crippen molar-refractivity contribution < 1.29 is 18.0 Å². The van der Waals surface area contributed by atoms with Gasteiger partial charge in [-0.25, -0.2) is 8.42 Å². The first-order valence-corrected chi connectivity index (χ1v) is 12.4. The number of amides is 2. The molecule has 0 saturated carbocycles. The molecule has 0 fully saturated rings. The zero-order valence-corrected chi connectivity index (χ0v) is 20.3. The maximum absolute atomic E-state index is 13.4. The van der Waals surface area contributed by atoms with Crippen LogP contribution >= 0.6 is 0 Å². The predicted octanol–water partition coefficient (Wildman–Crippen LogP) is 4.21. The maximum atomic E-state index is 13.4. The van der Waals surface area contributed by atoms with Crippen molar-refractivity contribution in [2.75, 3.05) is 22.7 Å². The molecule has 0 spiro atoms. The predicted molar refractivity (Wildman–Crippen MR) is 134 cm³/mol. The van der Waals surface area contributed by atoms with E-state index in [0.717, 1.165) is 9.87 Å². The molecule has 0 bridgehead atoms. The van der Waals surface area contributed by atoms with Crippen LogP contribution in [-0.4, -0.2) is 33.3 Å². The lowest BCUT2D eigenvalue weighted by Crippen LogP contribution is -2.38. The maximum Gasteiger partial charge on any atom is 0.264 e. The van der Waals surface area contributed by atoms with Crippen molar-refractivity contribution in [3.05, 3.63) is 90.0 Å². The van der Waals surface area contributed by atoms with Crippen molar-refractivity contribution >= 4 is 33.2 Å². The fraction of sp³-hybridized carbons (Fsp3) is 0.231. The summed E-state index contributed by atoms with van der Waals surface area (Å²) in [6.07, 6.45) is 0. The van der Waals surface area contributed by atoms with Crippen molar-refractivity contribution in [3.63, 3.8) is 0 Å². The normalized spacial score (nSPS) is 11.2. The number of sulfonamides is 1. The summed E-state index contributed by atoms with van der Waals surface area (Å²) < 4.78 is 27.9. The first-order chi connectivity index (χ1) is 16.2. The largest absolute Gasteiger partial charge is 0.352 e. The molecule has 0 saturated heterocycles. The number of hydrogen-bond acceptors (Lipinski definition) is 4. The number of aryl methyl sites for hydroxylation is 1. The van der Waals surface area contributed by atoms with Gasteiger partial charge in [-0.2, -0.15) is 0 Å². The van der Waals surface area contributed by atoms with Gasteiger partial charge in [-0.05, 0) is 49.2 Å². The fourth-order valence-electron chi connectivity index (χ4n) is 3.25. The van der Waals surface area contributed by atoms with Crippen LogP contribution < -0.4 is 14.9 Å². The van der Waals surface area contributed by atoms with Crippen molar-refractivity contribution in [2.45, 2.75) is 25.7 Å². The monoisotopic (exact) mass is 479 g/mol. The molecule has 3 aromatic rings. The van der Waals surface area contributed by atoms with Crippen LogP contribution in [-0.2, 0) is 14.8 Å². The highest BCUT2D eigenvalue weighted by molar-refractivity contribution is 7.92. The van der Waals surface area contributed by atoms with Crippen LogP contribution in [0.25, 0.3) is 0 Å². The molecule has 3 rings (SSSR count). The third-order valence-electron chi connectivity index (χ3n) is 5.06. The van der Waals surface area contributed by atoms with E-state index in [0.29, 0.717) is 23.5 Å². The molecule has 3 aromatic carbocycles. The van der Waals surface area contributed by atoms with Gasteiger partial charge in [0, 0.05) is 6.54 Å². The second-order valence-corrected chi connectivity index (χ2v) is 10.2. The van der Waals surface area contributed by atoms with Gasteiger partial charge in [-0.15, -0.1) is 0 Å². The fourth-order valence-corrected chi connectivity index (χ4v) is 4.67. The molecule has 34 heavy (non-hydrogen) atoms. The first-order valence-electron chi connectivity index (χ1n) is 11.0. The van der Waals surface area contributed by atoms with Crippen LogP contribution in [0.5, 0.6) is 0 Å². The number of carbonyl (C=O) groups is 2. The van der Waals surface area contributed by atoms with Crippen LogP contribution in [0, 0.1) is 12.8 Å². The van der Waals surface area contributed by atoms with E-state index in [-0.39, 0.29) is 16.7 Å². The lowest BCUT2D eigenvalue weighted by molar-refractivity contribution is -0.114. The lowest BCUT2D eigenvalue weighted by atomic mass is 10.1. The standard InChI is InChI=1S/C26H29N3O4S/c1-19(2)17-27-26(31)23-11-7-8-12-24(23)28-25(30)18-29(21-9-5-4-6-10-21)34(32,33)22-15-13-20(3)14-16-22/h4-16,19H,17-18H2,1-3H3,(H,27,31)(H,28,30). The van der Waals surface area contributed by atoms with Crippen molar-refractivity contribution in [3.8, 4) is 0 Å². The smallest absolute Gasteiger partial charge is 0.264 e. The van der Waals surface area contributed by atoms with Gasteiger partial charge in [0.25, 0.3) is 15.9 Å². The Kier molecular flexibility index (Phi) is 8.07. The van der Waals surface area contributed by atoms with Crippen molar-refractivity contribution in [1.29, 1.82) is 0 Å². The van der Waals surface area contributed by atoms with Crippen LogP contribution in [0.3, 0.4) is 0 Å². The SMILES string of the molecule is Cc1ccc(S(=O)(=O)N(CC(=O)Nc2ccccc2C(=O)NCC(C)C)c2ccccc2)cc1. The molecule has 0 unspecified atom stereocenters. The van der Waals surface area contributed by atoms with Gasteiger partial charge < -0.3 is 10.6 Å². The Morgan fingerprint density at radius 3 is 2.15 bits per heavy atom. The Labute approximate surface area is 200 Å². The molecule has 0 aromatic heterocycles. The number of carbonyl (C=O) groups excluding carboxylic acids is 2. The summed E-state index contributed by atoms with van der Waals surface area (Å²) in [4.78, 5) is 25.7. The molecule has 2 amide bonds. The summed E-state index contributed by atoms with van der Waals surface area (Å²) in [5, 5.41) is 5.54. The topological polar surface area (TPSA) is 95.6 Å². The molecule has 0 aliphatic carbocycles. The van der Waals surface area contributed by atoms with Crippen molar-refractivity contribution in [2.24, 2.45) is 5.92 Å². The highest BCUT2D eigenvalue weighted by atomic mass is 32.2. The van der Waals surface area contributed by atoms with E-state index in [1.165, 1.54) is 12.1 Å². The average Bonchev–Trinajstić information content (AvgIpc) is 2.82. The third kappa shape index (κ3) is 6.23. The number of rotatable bonds is 9. The quantitative estimate of drug-likeness (QED) is 0.480. The lowest BCUT2D eigenvalue weighted by Gasteiger charge is -2.24. The zero-order chi connectivity index (χ0) is 24.7. The summed E-state index contributed by atoms with van der Waals surface area (Å²) >= 11 is 0. The Balaban J connectivity index is 1.87. The number of nitrogens with one attached hydrogen (secondary N) is 2. The Morgan fingerprint density at radius 2 is 1.50 bits per heavy atom. The summed E-state index contributed by atoms with van der Waals surface area (Å²) in [6, 6.07) is 21.5. The van der Waals surface area contributed by atoms with Crippen LogP contribution in [0.15, 0.2) is 83.8 Å². The van der Waals surface area contributed by atoms with Gasteiger partial charge in [0.05, 0.1) is 21.8 Å². The van der Waals surface area contributed by atoms with Gasteiger partial charge in [0.2, 0.25) is 5.91 Å². The van der Waals surface area contributed by atoms with Crippen molar-refractivity contribution in [1.82, 2.24) is 5.32 Å². The van der Waals surface area contributed by atoms with Crippen LogP contribution in [0.2, 0.25) is 0 Å². The second kappa shape index (κ2) is 11.0. The van der Waals surface area contributed by atoms with E-state index in [9.17, 15) is 18.0 Å². The Hall–Kier alpha value is -3.65. The van der Waals surface area contributed by atoms with Crippen LogP contribution in [0.1, 0.15) is 29.8 Å². The molecular weight excluding hydrogens is 450 g/mol. The van der Waals surface area contributed by atoms with E-state index in [2.05, 4.69) is 10.6 Å². The van der Waals surface area contributed by atoms with E-state index in [4.69, 9.17) is 0 Å². The highest BCUT2D eigenvalue weighted by Crippen LogP contribution is 2.24. The number of hydrogen-bond donors (Lipinski definition) is 2. The van der Waals surface area contributed by atoms with Gasteiger partial charge in [-0.1, -0.05) is 61.9 Å². The van der Waals surface area contributed by atoms with E-state index in [1.807, 2.05) is 20.8 Å². The first kappa shape index (κ1) is 25.0. The minimum absolute atomic E-state index is 0.0863. The molecule has 0 aliphatic heterocycles. The zero-order valence-electron chi connectivity index (χ0n) is 19.5. The number of benzene rings is 3. The van der Waals surface area contributed by atoms with Gasteiger partial charge >= 0.3 is 0 Å². The van der Waals surface area contributed by atoms with Gasteiger partial charge in [-0.3, -0.25) is 13.9 Å². The molecule has 7 nitrogen and oxygen atoms in total. The molecule has 178 valence electrons. The molecular formula is C26H29N3O4S. The molecule has 8 heteroatoms. The van der Waals surface area contributed by atoms with E-state index in [1.54, 1.807) is 66.7 Å². The second-order valence-electron chi connectivity index (χ2n) is 8.36. The number of nitrogens with zero attached hydrogens (tertiary/aromatic N) is 1. The molecule has 0 atom stereocenters. The minimum atomic E-state index is -4.01. The average molecular weight is 480 g/mol. The minimum Gasteiger partial charge on any atom is -0.352 e. The summed E-state index contributed by atoms with van der Waals surface area (Å²) in [7, 11) is -4.01. The van der Waals surface area contributed by atoms with Gasteiger partial charge in [0.15, 0.2) is 0 Å².